The lowest BCUT2D eigenvalue weighted by Crippen LogP contribution is -2.13. The average molecular weight is 235 g/mol. The molecule has 0 aliphatic heterocycles. The number of aromatic nitrogens is 2. The van der Waals surface area contributed by atoms with Gasteiger partial charge in [0.25, 0.3) is 0 Å². The summed E-state index contributed by atoms with van der Waals surface area (Å²) in [5.41, 5.74) is 0. The zero-order chi connectivity index (χ0) is 9.68. The zero-order valence-corrected chi connectivity index (χ0v) is 10.2. The summed E-state index contributed by atoms with van der Waals surface area (Å²) in [7, 11) is 4.17. The maximum absolute atomic E-state index is 4.93. The van der Waals surface area contributed by atoms with Crippen LogP contribution < -0.4 is 0 Å². The van der Waals surface area contributed by atoms with Crippen LogP contribution in [0, 0.1) is 3.95 Å². The summed E-state index contributed by atoms with van der Waals surface area (Å²) in [5.74, 6) is 1.11. The van der Waals surface area contributed by atoms with Crippen LogP contribution in [0.15, 0.2) is 4.34 Å². The molecular formula is C7H13N3S3. The Morgan fingerprint density at radius 2 is 2.38 bits per heavy atom. The SMILES string of the molecule is CN(C)CCCSc1n[nH]c(=S)s1. The van der Waals surface area contributed by atoms with E-state index < -0.39 is 0 Å². The van der Waals surface area contributed by atoms with Crippen molar-refractivity contribution in [2.24, 2.45) is 0 Å². The number of nitrogens with zero attached hydrogens (tertiary/aromatic N) is 2. The van der Waals surface area contributed by atoms with Gasteiger partial charge in [-0.15, -0.1) is 0 Å². The van der Waals surface area contributed by atoms with Crippen molar-refractivity contribution >= 4 is 35.3 Å². The predicted molar refractivity (Wildman–Crippen MR) is 61.2 cm³/mol. The fourth-order valence-corrected chi connectivity index (χ4v) is 2.89. The van der Waals surface area contributed by atoms with Gasteiger partial charge in [-0.05, 0) is 39.3 Å². The zero-order valence-electron chi connectivity index (χ0n) is 7.74. The molecule has 0 radical (unpaired) electrons. The van der Waals surface area contributed by atoms with Gasteiger partial charge in [0, 0.05) is 5.75 Å². The Balaban J connectivity index is 2.17. The second kappa shape index (κ2) is 5.74. The molecule has 0 bridgehead atoms. The van der Waals surface area contributed by atoms with Gasteiger partial charge in [0.15, 0.2) is 8.29 Å². The van der Waals surface area contributed by atoms with E-state index in [9.17, 15) is 0 Å². The summed E-state index contributed by atoms with van der Waals surface area (Å²) in [6.07, 6.45) is 1.18. The Morgan fingerprint density at radius 1 is 1.62 bits per heavy atom. The number of aromatic amines is 1. The third kappa shape index (κ3) is 4.75. The van der Waals surface area contributed by atoms with Gasteiger partial charge in [0.05, 0.1) is 0 Å². The van der Waals surface area contributed by atoms with Crippen LogP contribution in [-0.2, 0) is 0 Å². The Kier molecular flexibility index (Phi) is 4.93. The van der Waals surface area contributed by atoms with Crippen LogP contribution >= 0.6 is 35.3 Å². The highest BCUT2D eigenvalue weighted by molar-refractivity contribution is 8.01. The van der Waals surface area contributed by atoms with Crippen LogP contribution in [0.5, 0.6) is 0 Å². The first-order valence-corrected chi connectivity index (χ1v) is 6.22. The van der Waals surface area contributed by atoms with E-state index in [2.05, 4.69) is 29.2 Å². The van der Waals surface area contributed by atoms with Crippen molar-refractivity contribution in [1.82, 2.24) is 15.1 Å². The van der Waals surface area contributed by atoms with E-state index in [1.807, 2.05) is 0 Å². The van der Waals surface area contributed by atoms with Crippen LogP contribution in [0.1, 0.15) is 6.42 Å². The first-order valence-electron chi connectivity index (χ1n) is 4.01. The Labute approximate surface area is 91.5 Å². The molecule has 13 heavy (non-hydrogen) atoms. The fraction of sp³-hybridized carbons (Fsp3) is 0.714. The number of hydrogen-bond donors (Lipinski definition) is 1. The predicted octanol–water partition coefficient (Wildman–Crippen LogP) is 2.24. The molecule has 0 aliphatic rings. The first-order chi connectivity index (χ1) is 6.18. The number of thioether (sulfide) groups is 1. The molecule has 0 atom stereocenters. The summed E-state index contributed by atoms with van der Waals surface area (Å²) >= 11 is 8.24. The molecule has 0 fully saturated rings. The van der Waals surface area contributed by atoms with E-state index in [0.29, 0.717) is 0 Å². The highest BCUT2D eigenvalue weighted by atomic mass is 32.2. The molecule has 0 amide bonds. The third-order valence-electron chi connectivity index (χ3n) is 1.39. The fourth-order valence-electron chi connectivity index (χ4n) is 0.818. The maximum Gasteiger partial charge on any atom is 0.177 e. The van der Waals surface area contributed by atoms with E-state index in [1.165, 1.54) is 6.42 Å². The van der Waals surface area contributed by atoms with Gasteiger partial charge in [-0.25, -0.2) is 0 Å². The summed E-state index contributed by atoms with van der Waals surface area (Å²) < 4.78 is 1.80. The molecule has 0 unspecified atom stereocenters. The van der Waals surface area contributed by atoms with Crippen molar-refractivity contribution in [1.29, 1.82) is 0 Å². The lowest BCUT2D eigenvalue weighted by molar-refractivity contribution is 0.410. The minimum absolute atomic E-state index is 0.759. The molecular weight excluding hydrogens is 222 g/mol. The molecule has 1 aromatic rings. The molecule has 3 nitrogen and oxygen atoms in total. The first kappa shape index (κ1) is 11.2. The monoisotopic (exact) mass is 235 g/mol. The molecule has 0 aromatic carbocycles. The highest BCUT2D eigenvalue weighted by Gasteiger charge is 1.98. The Hall–Kier alpha value is 0.0900. The number of nitrogens with one attached hydrogen (secondary N) is 1. The van der Waals surface area contributed by atoms with Gasteiger partial charge in [-0.1, -0.05) is 23.1 Å². The number of H-pyrrole nitrogens is 1. The minimum Gasteiger partial charge on any atom is -0.309 e. The molecule has 1 rings (SSSR count). The summed E-state index contributed by atoms with van der Waals surface area (Å²) in [6.45, 7) is 1.13. The van der Waals surface area contributed by atoms with E-state index in [-0.39, 0.29) is 0 Å². The second-order valence-electron chi connectivity index (χ2n) is 2.88. The molecule has 0 saturated heterocycles. The van der Waals surface area contributed by atoms with E-state index in [4.69, 9.17) is 12.2 Å². The third-order valence-corrected chi connectivity index (χ3v) is 3.71. The molecule has 1 aromatic heterocycles. The molecule has 1 N–H and O–H groups in total. The molecule has 1 heterocycles. The smallest absolute Gasteiger partial charge is 0.177 e. The van der Waals surface area contributed by atoms with Crippen LogP contribution in [-0.4, -0.2) is 41.5 Å². The minimum atomic E-state index is 0.759. The largest absolute Gasteiger partial charge is 0.309 e. The van der Waals surface area contributed by atoms with Crippen molar-refractivity contribution in [3.05, 3.63) is 3.95 Å². The summed E-state index contributed by atoms with van der Waals surface area (Å²) in [6, 6.07) is 0. The Morgan fingerprint density at radius 3 is 2.92 bits per heavy atom. The number of rotatable bonds is 5. The van der Waals surface area contributed by atoms with Gasteiger partial charge in [0.2, 0.25) is 0 Å². The van der Waals surface area contributed by atoms with E-state index in [1.54, 1.807) is 23.1 Å². The van der Waals surface area contributed by atoms with E-state index in [0.717, 1.165) is 20.6 Å². The summed E-state index contributed by atoms with van der Waals surface area (Å²) in [5, 5.41) is 6.84. The molecule has 6 heteroatoms. The van der Waals surface area contributed by atoms with Crippen molar-refractivity contribution < 1.29 is 0 Å². The van der Waals surface area contributed by atoms with Gasteiger partial charge >= 0.3 is 0 Å². The van der Waals surface area contributed by atoms with Crippen LogP contribution in [0.3, 0.4) is 0 Å². The molecule has 0 aliphatic carbocycles. The maximum atomic E-state index is 4.93. The normalized spacial score (nSPS) is 11.0. The van der Waals surface area contributed by atoms with E-state index >= 15 is 0 Å². The standard InChI is InChI=1S/C7H13N3S3/c1-10(2)4-3-5-12-7-9-8-6(11)13-7/h3-5H2,1-2H3,(H,8,11). The van der Waals surface area contributed by atoms with Gasteiger partial charge in [0.1, 0.15) is 0 Å². The quantitative estimate of drug-likeness (QED) is 0.482. The average Bonchev–Trinajstić information content (AvgIpc) is 2.45. The second-order valence-corrected chi connectivity index (χ2v) is 5.89. The lowest BCUT2D eigenvalue weighted by atomic mass is 10.5. The van der Waals surface area contributed by atoms with Crippen molar-refractivity contribution in [2.45, 2.75) is 10.8 Å². The van der Waals surface area contributed by atoms with Gasteiger partial charge in [-0.2, -0.15) is 5.10 Å². The van der Waals surface area contributed by atoms with Crippen molar-refractivity contribution in [2.75, 3.05) is 26.4 Å². The van der Waals surface area contributed by atoms with Crippen molar-refractivity contribution in [3.8, 4) is 0 Å². The van der Waals surface area contributed by atoms with Crippen LogP contribution in [0.4, 0.5) is 0 Å². The molecule has 0 spiro atoms. The van der Waals surface area contributed by atoms with Gasteiger partial charge in [-0.3, -0.25) is 5.10 Å². The number of hydrogen-bond acceptors (Lipinski definition) is 5. The van der Waals surface area contributed by atoms with Crippen LogP contribution in [0.25, 0.3) is 0 Å². The summed E-state index contributed by atoms with van der Waals surface area (Å²) in [4.78, 5) is 2.19. The topological polar surface area (TPSA) is 31.9 Å². The van der Waals surface area contributed by atoms with Crippen LogP contribution in [0.2, 0.25) is 0 Å². The lowest BCUT2D eigenvalue weighted by Gasteiger charge is -2.07. The highest BCUT2D eigenvalue weighted by Crippen LogP contribution is 2.20. The van der Waals surface area contributed by atoms with Crippen molar-refractivity contribution in [3.63, 3.8) is 0 Å². The van der Waals surface area contributed by atoms with Gasteiger partial charge < -0.3 is 4.90 Å². The Bertz CT molecular complexity index is 291. The molecule has 74 valence electrons. The molecule has 0 saturated carbocycles.